The lowest BCUT2D eigenvalue weighted by Gasteiger charge is -2.10. The van der Waals surface area contributed by atoms with E-state index in [-0.39, 0.29) is 0 Å². The number of imidazole rings is 1. The molecule has 6 nitrogen and oxygen atoms in total. The molecule has 0 aromatic carbocycles. The molecule has 0 fully saturated rings. The zero-order chi connectivity index (χ0) is 12.3. The SMILES string of the molecule is CCc1nccn1NCCNCCNCCN. The highest BCUT2D eigenvalue weighted by Crippen LogP contribution is 1.93. The van der Waals surface area contributed by atoms with Crippen LogP contribution in [-0.4, -0.2) is 48.9 Å². The average Bonchev–Trinajstić information content (AvgIpc) is 2.80. The Balaban J connectivity index is 1.97. The molecule has 0 aliphatic rings. The maximum atomic E-state index is 5.37. The van der Waals surface area contributed by atoms with E-state index in [1.54, 1.807) is 0 Å². The van der Waals surface area contributed by atoms with Crippen LogP contribution in [0.5, 0.6) is 0 Å². The number of aryl methyl sites for hydroxylation is 1. The number of hydrogen-bond acceptors (Lipinski definition) is 5. The van der Waals surface area contributed by atoms with Crippen LogP contribution in [0.3, 0.4) is 0 Å². The maximum Gasteiger partial charge on any atom is 0.126 e. The van der Waals surface area contributed by atoms with E-state index in [9.17, 15) is 0 Å². The molecule has 6 heteroatoms. The van der Waals surface area contributed by atoms with Gasteiger partial charge in [0, 0.05) is 58.1 Å². The summed E-state index contributed by atoms with van der Waals surface area (Å²) in [6.45, 7) is 7.43. The quantitative estimate of drug-likeness (QED) is 0.400. The second-order valence-corrected chi connectivity index (χ2v) is 3.76. The largest absolute Gasteiger partial charge is 0.329 e. The van der Waals surface area contributed by atoms with Crippen LogP contribution in [0.15, 0.2) is 12.4 Å². The molecular weight excluding hydrogens is 216 g/mol. The molecule has 0 atom stereocenters. The van der Waals surface area contributed by atoms with Crippen molar-refractivity contribution >= 4 is 0 Å². The van der Waals surface area contributed by atoms with Crippen LogP contribution in [0.4, 0.5) is 0 Å². The lowest BCUT2D eigenvalue weighted by molar-refractivity contribution is 0.612. The van der Waals surface area contributed by atoms with E-state index < -0.39 is 0 Å². The summed E-state index contributed by atoms with van der Waals surface area (Å²) >= 11 is 0. The van der Waals surface area contributed by atoms with Gasteiger partial charge < -0.3 is 21.8 Å². The van der Waals surface area contributed by atoms with Gasteiger partial charge in [-0.3, -0.25) is 4.68 Å². The highest BCUT2D eigenvalue weighted by molar-refractivity contribution is 4.94. The minimum absolute atomic E-state index is 0.696. The monoisotopic (exact) mass is 240 g/mol. The third-order valence-electron chi connectivity index (χ3n) is 2.42. The first-order valence-electron chi connectivity index (χ1n) is 6.26. The molecule has 17 heavy (non-hydrogen) atoms. The van der Waals surface area contributed by atoms with Crippen LogP contribution < -0.4 is 21.8 Å². The summed E-state index contributed by atoms with van der Waals surface area (Å²) in [5.41, 5.74) is 8.67. The Morgan fingerprint density at radius 1 is 1.18 bits per heavy atom. The van der Waals surface area contributed by atoms with Gasteiger partial charge in [0.15, 0.2) is 0 Å². The number of aromatic nitrogens is 2. The molecule has 0 bridgehead atoms. The Morgan fingerprint density at radius 3 is 2.59 bits per heavy atom. The first-order valence-corrected chi connectivity index (χ1v) is 6.26. The van der Waals surface area contributed by atoms with Crippen molar-refractivity contribution in [3.05, 3.63) is 18.2 Å². The zero-order valence-corrected chi connectivity index (χ0v) is 10.6. The smallest absolute Gasteiger partial charge is 0.126 e. The molecule has 5 N–H and O–H groups in total. The average molecular weight is 240 g/mol. The predicted molar refractivity (Wildman–Crippen MR) is 70.6 cm³/mol. The Hall–Kier alpha value is -1.11. The molecule has 0 aliphatic heterocycles. The van der Waals surface area contributed by atoms with Crippen LogP contribution >= 0.6 is 0 Å². The van der Waals surface area contributed by atoms with Gasteiger partial charge >= 0.3 is 0 Å². The highest BCUT2D eigenvalue weighted by atomic mass is 15.4. The van der Waals surface area contributed by atoms with Crippen molar-refractivity contribution in [1.82, 2.24) is 20.3 Å². The minimum atomic E-state index is 0.696. The van der Waals surface area contributed by atoms with Crippen molar-refractivity contribution in [3.63, 3.8) is 0 Å². The van der Waals surface area contributed by atoms with Crippen molar-refractivity contribution in [2.24, 2.45) is 5.73 Å². The van der Waals surface area contributed by atoms with Gasteiger partial charge in [0.1, 0.15) is 5.82 Å². The third kappa shape index (κ3) is 5.67. The van der Waals surface area contributed by atoms with Crippen molar-refractivity contribution in [3.8, 4) is 0 Å². The van der Waals surface area contributed by atoms with Gasteiger partial charge in [-0.15, -0.1) is 0 Å². The number of nitrogens with one attached hydrogen (secondary N) is 3. The number of rotatable bonds is 10. The summed E-state index contributed by atoms with van der Waals surface area (Å²) < 4.78 is 1.98. The van der Waals surface area contributed by atoms with Gasteiger partial charge in [-0.25, -0.2) is 4.98 Å². The Morgan fingerprint density at radius 2 is 1.88 bits per heavy atom. The number of hydrogen-bond donors (Lipinski definition) is 4. The second kappa shape index (κ2) is 8.98. The Bertz CT molecular complexity index is 285. The van der Waals surface area contributed by atoms with Gasteiger partial charge in [0.2, 0.25) is 0 Å². The van der Waals surface area contributed by atoms with Gasteiger partial charge in [0.25, 0.3) is 0 Å². The van der Waals surface area contributed by atoms with Crippen LogP contribution in [-0.2, 0) is 6.42 Å². The molecule has 98 valence electrons. The van der Waals surface area contributed by atoms with Gasteiger partial charge in [-0.1, -0.05) is 6.92 Å². The van der Waals surface area contributed by atoms with E-state index in [0.717, 1.165) is 45.0 Å². The Labute approximate surface area is 103 Å². The molecule has 0 radical (unpaired) electrons. The van der Waals surface area contributed by atoms with Crippen molar-refractivity contribution in [2.45, 2.75) is 13.3 Å². The van der Waals surface area contributed by atoms with Crippen LogP contribution in [0.1, 0.15) is 12.7 Å². The summed E-state index contributed by atoms with van der Waals surface area (Å²) in [7, 11) is 0. The summed E-state index contributed by atoms with van der Waals surface area (Å²) in [6.07, 6.45) is 4.70. The van der Waals surface area contributed by atoms with Crippen molar-refractivity contribution in [1.29, 1.82) is 0 Å². The molecule has 1 rings (SSSR count). The fourth-order valence-electron chi connectivity index (χ4n) is 1.53. The third-order valence-corrected chi connectivity index (χ3v) is 2.42. The predicted octanol–water partition coefficient (Wildman–Crippen LogP) is -0.873. The topological polar surface area (TPSA) is 79.9 Å². The zero-order valence-electron chi connectivity index (χ0n) is 10.6. The lowest BCUT2D eigenvalue weighted by atomic mass is 10.5. The van der Waals surface area contributed by atoms with E-state index >= 15 is 0 Å². The fourth-order valence-corrected chi connectivity index (χ4v) is 1.53. The Kier molecular flexibility index (Phi) is 7.37. The van der Waals surface area contributed by atoms with E-state index in [2.05, 4.69) is 28.0 Å². The summed E-state index contributed by atoms with van der Waals surface area (Å²) in [4.78, 5) is 4.24. The molecule has 0 spiro atoms. The molecule has 0 aliphatic carbocycles. The normalized spacial score (nSPS) is 10.7. The van der Waals surface area contributed by atoms with Crippen molar-refractivity contribution in [2.75, 3.05) is 44.7 Å². The first kappa shape index (κ1) is 14.0. The van der Waals surface area contributed by atoms with E-state index in [4.69, 9.17) is 5.73 Å². The maximum absolute atomic E-state index is 5.37. The van der Waals surface area contributed by atoms with Gasteiger partial charge in [0.05, 0.1) is 0 Å². The number of nitrogens with two attached hydrogens (primary N) is 1. The van der Waals surface area contributed by atoms with Gasteiger partial charge in [-0.2, -0.15) is 0 Å². The summed E-state index contributed by atoms with van der Waals surface area (Å²) in [6, 6.07) is 0. The first-order chi connectivity index (χ1) is 8.38. The molecule has 0 amide bonds. The molecule has 1 aromatic rings. The van der Waals surface area contributed by atoms with E-state index in [1.165, 1.54) is 0 Å². The number of nitrogens with zero attached hydrogens (tertiary/aromatic N) is 2. The lowest BCUT2D eigenvalue weighted by Crippen LogP contribution is -2.34. The van der Waals surface area contributed by atoms with Crippen LogP contribution in [0, 0.1) is 0 Å². The standard InChI is InChI=1S/C11H24N6/c1-2-11-15-9-10-17(11)16-8-7-14-6-5-13-4-3-12/h9-10,13-14,16H,2-8,12H2,1H3. The van der Waals surface area contributed by atoms with E-state index in [1.807, 2.05) is 17.1 Å². The van der Waals surface area contributed by atoms with Crippen LogP contribution in [0.2, 0.25) is 0 Å². The molecule has 0 unspecified atom stereocenters. The minimum Gasteiger partial charge on any atom is -0.329 e. The van der Waals surface area contributed by atoms with Crippen molar-refractivity contribution < 1.29 is 0 Å². The molecular formula is C11H24N6. The summed E-state index contributed by atoms with van der Waals surface area (Å²) in [5.74, 6) is 1.06. The fraction of sp³-hybridized carbons (Fsp3) is 0.727. The van der Waals surface area contributed by atoms with E-state index in [0.29, 0.717) is 6.54 Å². The highest BCUT2D eigenvalue weighted by Gasteiger charge is 1.97. The summed E-state index contributed by atoms with van der Waals surface area (Å²) in [5, 5.41) is 6.58. The molecule has 0 saturated carbocycles. The van der Waals surface area contributed by atoms with Gasteiger partial charge in [-0.05, 0) is 0 Å². The van der Waals surface area contributed by atoms with Crippen LogP contribution in [0.25, 0.3) is 0 Å². The molecule has 1 aromatic heterocycles. The molecule has 1 heterocycles. The second-order valence-electron chi connectivity index (χ2n) is 3.76. The molecule has 0 saturated heterocycles.